The summed E-state index contributed by atoms with van der Waals surface area (Å²) in [4.78, 5) is 40.3. The molecule has 0 unspecified atom stereocenters. The minimum absolute atomic E-state index is 0.170. The standard InChI is InChI=1S/C24H24N2O4S/c1-17-4-6-19(7-5-17)16-30-20-10-8-18(9-11-20)14-21-23(28)26(24(29)31-21)15-22(27)25-12-2-3-13-25/h4-11,14H,2-3,12-13,15-16H2,1H3. The lowest BCUT2D eigenvalue weighted by atomic mass is 10.1. The zero-order chi connectivity index (χ0) is 21.8. The highest BCUT2D eigenvalue weighted by Crippen LogP contribution is 2.32. The van der Waals surface area contributed by atoms with Gasteiger partial charge in [0, 0.05) is 13.1 Å². The second-order valence-corrected chi connectivity index (χ2v) is 8.69. The third-order valence-electron chi connectivity index (χ3n) is 5.33. The lowest BCUT2D eigenvalue weighted by molar-refractivity contribution is -0.135. The molecule has 0 N–H and O–H groups in total. The molecule has 0 radical (unpaired) electrons. The van der Waals surface area contributed by atoms with Gasteiger partial charge < -0.3 is 9.64 Å². The largest absolute Gasteiger partial charge is 0.489 e. The summed E-state index contributed by atoms with van der Waals surface area (Å²) in [5.41, 5.74) is 3.09. The highest BCUT2D eigenvalue weighted by molar-refractivity contribution is 8.18. The molecule has 2 fully saturated rings. The van der Waals surface area contributed by atoms with Crippen LogP contribution in [0.3, 0.4) is 0 Å². The van der Waals surface area contributed by atoms with Gasteiger partial charge in [-0.3, -0.25) is 19.3 Å². The molecule has 0 aromatic heterocycles. The van der Waals surface area contributed by atoms with Gasteiger partial charge >= 0.3 is 0 Å². The van der Waals surface area contributed by atoms with Crippen molar-refractivity contribution in [3.63, 3.8) is 0 Å². The van der Waals surface area contributed by atoms with E-state index in [4.69, 9.17) is 4.74 Å². The lowest BCUT2D eigenvalue weighted by Gasteiger charge is -2.18. The molecule has 4 rings (SSSR count). The second kappa shape index (κ2) is 9.39. The van der Waals surface area contributed by atoms with Crippen LogP contribution in [-0.4, -0.2) is 46.5 Å². The van der Waals surface area contributed by atoms with Gasteiger partial charge in [0.25, 0.3) is 11.1 Å². The minimum Gasteiger partial charge on any atom is -0.489 e. The van der Waals surface area contributed by atoms with Crippen LogP contribution in [0.4, 0.5) is 4.79 Å². The number of amides is 3. The average Bonchev–Trinajstić information content (AvgIpc) is 3.39. The first-order chi connectivity index (χ1) is 15.0. The van der Waals surface area contributed by atoms with E-state index in [1.54, 1.807) is 11.0 Å². The number of likely N-dealkylation sites (tertiary alicyclic amines) is 1. The Morgan fingerprint density at radius 1 is 1.03 bits per heavy atom. The van der Waals surface area contributed by atoms with Gasteiger partial charge in [0.15, 0.2) is 0 Å². The highest BCUT2D eigenvalue weighted by Gasteiger charge is 2.37. The Labute approximate surface area is 185 Å². The molecule has 2 aliphatic heterocycles. The number of ether oxygens (including phenoxy) is 1. The van der Waals surface area contributed by atoms with Crippen LogP contribution in [0.1, 0.15) is 29.5 Å². The van der Waals surface area contributed by atoms with Gasteiger partial charge in [-0.2, -0.15) is 0 Å². The van der Waals surface area contributed by atoms with Crippen molar-refractivity contribution in [2.24, 2.45) is 0 Å². The Morgan fingerprint density at radius 3 is 2.39 bits per heavy atom. The quantitative estimate of drug-likeness (QED) is 0.634. The van der Waals surface area contributed by atoms with Crippen molar-refractivity contribution in [1.82, 2.24) is 9.80 Å². The molecular weight excluding hydrogens is 412 g/mol. The van der Waals surface area contributed by atoms with Crippen molar-refractivity contribution >= 4 is 34.9 Å². The number of rotatable bonds is 6. The van der Waals surface area contributed by atoms with E-state index in [1.807, 2.05) is 55.5 Å². The number of carbonyl (C=O) groups excluding carboxylic acids is 3. The van der Waals surface area contributed by atoms with Crippen molar-refractivity contribution in [1.29, 1.82) is 0 Å². The normalized spacial score (nSPS) is 17.6. The summed E-state index contributed by atoms with van der Waals surface area (Å²) in [6, 6.07) is 15.5. The van der Waals surface area contributed by atoms with E-state index in [0.717, 1.165) is 46.4 Å². The smallest absolute Gasteiger partial charge is 0.294 e. The van der Waals surface area contributed by atoms with E-state index in [-0.39, 0.29) is 12.5 Å². The number of benzene rings is 2. The summed E-state index contributed by atoms with van der Waals surface area (Å²) < 4.78 is 5.81. The van der Waals surface area contributed by atoms with Crippen molar-refractivity contribution in [2.75, 3.05) is 19.6 Å². The van der Waals surface area contributed by atoms with Crippen LogP contribution in [0.5, 0.6) is 5.75 Å². The Kier molecular flexibility index (Phi) is 6.42. The summed E-state index contributed by atoms with van der Waals surface area (Å²) in [5, 5.41) is -0.401. The van der Waals surface area contributed by atoms with E-state index in [9.17, 15) is 14.4 Å². The van der Waals surface area contributed by atoms with Gasteiger partial charge in [-0.1, -0.05) is 42.0 Å². The SMILES string of the molecule is Cc1ccc(COc2ccc(C=C3SC(=O)N(CC(=O)N4CCCC4)C3=O)cc2)cc1. The first kappa shape index (κ1) is 21.2. The summed E-state index contributed by atoms with van der Waals surface area (Å²) in [6.07, 6.45) is 3.62. The number of imide groups is 1. The molecule has 6 nitrogen and oxygen atoms in total. The number of aryl methyl sites for hydroxylation is 1. The van der Waals surface area contributed by atoms with Crippen LogP contribution in [0, 0.1) is 6.92 Å². The Bertz CT molecular complexity index is 1010. The van der Waals surface area contributed by atoms with Crippen LogP contribution in [0.2, 0.25) is 0 Å². The molecule has 2 aromatic carbocycles. The maximum absolute atomic E-state index is 12.6. The van der Waals surface area contributed by atoms with Crippen LogP contribution in [0.25, 0.3) is 6.08 Å². The van der Waals surface area contributed by atoms with E-state index in [2.05, 4.69) is 0 Å². The molecule has 0 atom stereocenters. The first-order valence-corrected chi connectivity index (χ1v) is 11.1. The molecule has 0 aliphatic carbocycles. The molecule has 2 saturated heterocycles. The zero-order valence-electron chi connectivity index (χ0n) is 17.4. The van der Waals surface area contributed by atoms with E-state index < -0.39 is 11.1 Å². The molecule has 2 heterocycles. The molecule has 2 aliphatic rings. The molecule has 160 valence electrons. The molecule has 31 heavy (non-hydrogen) atoms. The predicted molar refractivity (Wildman–Crippen MR) is 120 cm³/mol. The predicted octanol–water partition coefficient (Wildman–Crippen LogP) is 4.23. The van der Waals surface area contributed by atoms with E-state index >= 15 is 0 Å². The third kappa shape index (κ3) is 5.17. The van der Waals surface area contributed by atoms with Crippen molar-refractivity contribution in [3.05, 3.63) is 70.1 Å². The number of hydrogen-bond donors (Lipinski definition) is 0. The average molecular weight is 437 g/mol. The monoisotopic (exact) mass is 436 g/mol. The summed E-state index contributed by atoms with van der Waals surface area (Å²) >= 11 is 0.871. The number of thioether (sulfide) groups is 1. The fourth-order valence-corrected chi connectivity index (χ4v) is 4.34. The number of hydrogen-bond acceptors (Lipinski definition) is 5. The molecule has 0 spiro atoms. The lowest BCUT2D eigenvalue weighted by Crippen LogP contribution is -2.40. The van der Waals surface area contributed by atoms with Gasteiger partial charge in [-0.05, 0) is 60.9 Å². The molecule has 0 saturated carbocycles. The van der Waals surface area contributed by atoms with Gasteiger partial charge in [-0.15, -0.1) is 0 Å². The Morgan fingerprint density at radius 2 is 1.71 bits per heavy atom. The maximum atomic E-state index is 12.6. The molecule has 3 amide bonds. The Hall–Kier alpha value is -3.06. The van der Waals surface area contributed by atoms with Crippen molar-refractivity contribution < 1.29 is 19.1 Å². The third-order valence-corrected chi connectivity index (χ3v) is 6.24. The number of nitrogens with zero attached hydrogens (tertiary/aromatic N) is 2. The fraction of sp³-hybridized carbons (Fsp3) is 0.292. The number of carbonyl (C=O) groups is 3. The van der Waals surface area contributed by atoms with Gasteiger partial charge in [0.2, 0.25) is 5.91 Å². The van der Waals surface area contributed by atoms with Crippen molar-refractivity contribution in [3.8, 4) is 5.75 Å². The van der Waals surface area contributed by atoms with Crippen LogP contribution in [0.15, 0.2) is 53.4 Å². The van der Waals surface area contributed by atoms with Gasteiger partial charge in [0.1, 0.15) is 18.9 Å². The van der Waals surface area contributed by atoms with Gasteiger partial charge in [0.05, 0.1) is 4.91 Å². The minimum atomic E-state index is -0.415. The summed E-state index contributed by atoms with van der Waals surface area (Å²) in [7, 11) is 0. The second-order valence-electron chi connectivity index (χ2n) is 7.70. The topological polar surface area (TPSA) is 66.9 Å². The van der Waals surface area contributed by atoms with E-state index in [0.29, 0.717) is 24.6 Å². The van der Waals surface area contributed by atoms with Gasteiger partial charge in [-0.25, -0.2) is 0 Å². The van der Waals surface area contributed by atoms with Crippen LogP contribution < -0.4 is 4.74 Å². The molecule has 0 bridgehead atoms. The fourth-order valence-electron chi connectivity index (χ4n) is 3.50. The molecule has 2 aromatic rings. The maximum Gasteiger partial charge on any atom is 0.294 e. The van der Waals surface area contributed by atoms with Crippen LogP contribution >= 0.6 is 11.8 Å². The Balaban J connectivity index is 1.36. The summed E-state index contributed by atoms with van der Waals surface area (Å²) in [5.74, 6) is 0.139. The first-order valence-electron chi connectivity index (χ1n) is 10.3. The molecular formula is C24H24N2O4S. The highest BCUT2D eigenvalue weighted by atomic mass is 32.2. The summed E-state index contributed by atoms with van der Waals surface area (Å²) in [6.45, 7) is 3.73. The van der Waals surface area contributed by atoms with E-state index in [1.165, 1.54) is 5.56 Å². The molecule has 7 heteroatoms. The van der Waals surface area contributed by atoms with Crippen LogP contribution in [-0.2, 0) is 16.2 Å². The van der Waals surface area contributed by atoms with Crippen molar-refractivity contribution in [2.45, 2.75) is 26.4 Å². The zero-order valence-corrected chi connectivity index (χ0v) is 18.2.